The smallest absolute Gasteiger partial charge is 0.109 e. The van der Waals surface area contributed by atoms with Crippen LogP contribution in [0.3, 0.4) is 0 Å². The molecule has 0 fully saturated rings. The summed E-state index contributed by atoms with van der Waals surface area (Å²) in [6.45, 7) is 0. The molecule has 0 amide bonds. The van der Waals surface area contributed by atoms with Gasteiger partial charge in [-0.05, 0) is 18.5 Å². The summed E-state index contributed by atoms with van der Waals surface area (Å²) in [6, 6.07) is 7.92. The minimum atomic E-state index is 0.942. The van der Waals surface area contributed by atoms with Gasteiger partial charge in [0.25, 0.3) is 0 Å². The Hall–Kier alpha value is -1.38. The molecule has 0 aliphatic carbocycles. The van der Waals surface area contributed by atoms with E-state index in [1.54, 1.807) is 0 Å². The van der Waals surface area contributed by atoms with Gasteiger partial charge in [0.15, 0.2) is 0 Å². The fraction of sp³-hybridized carbons (Fsp3) is 0.111. The zero-order valence-electron chi connectivity index (χ0n) is 6.99. The van der Waals surface area contributed by atoms with Crippen LogP contribution in [0, 0.1) is 0 Å². The molecule has 3 heteroatoms. The molecule has 12 heavy (non-hydrogen) atoms. The Bertz CT molecular complexity index is 400. The molecule has 0 spiro atoms. The maximum atomic E-state index is 4.43. The number of nitrogens with zero attached hydrogens (tertiary/aromatic N) is 2. The first-order valence-corrected chi connectivity index (χ1v) is 4.11. The van der Waals surface area contributed by atoms with Gasteiger partial charge in [-0.3, -0.25) is 9.97 Å². The van der Waals surface area contributed by atoms with Gasteiger partial charge >= 0.3 is 0 Å². The highest BCUT2D eigenvalue weighted by atomic mass is 14.8. The van der Waals surface area contributed by atoms with E-state index in [-0.39, 0.29) is 0 Å². The number of benzene rings is 1. The van der Waals surface area contributed by atoms with E-state index < -0.39 is 0 Å². The molecule has 1 aromatic heterocycles. The summed E-state index contributed by atoms with van der Waals surface area (Å²) in [5, 5.41) is 0. The van der Waals surface area contributed by atoms with Crippen molar-refractivity contribution in [2.24, 2.45) is 0 Å². The van der Waals surface area contributed by atoms with Crippen LogP contribution < -0.4 is 0 Å². The monoisotopic (exact) mass is 156 g/mol. The highest BCUT2D eigenvalue weighted by molar-refractivity contribution is 6.08. The number of fused-ring (bicyclic) bond motifs is 1. The van der Waals surface area contributed by atoms with Crippen molar-refractivity contribution in [3.63, 3.8) is 0 Å². The van der Waals surface area contributed by atoms with Crippen molar-refractivity contribution in [3.8, 4) is 0 Å². The predicted octanol–water partition coefficient (Wildman–Crippen LogP) is 0.763. The van der Waals surface area contributed by atoms with E-state index in [9.17, 15) is 0 Å². The van der Waals surface area contributed by atoms with E-state index in [0.717, 1.165) is 23.0 Å². The first-order chi connectivity index (χ1) is 5.90. The summed E-state index contributed by atoms with van der Waals surface area (Å²) in [6.07, 6.45) is 2.78. The van der Waals surface area contributed by atoms with E-state index in [2.05, 4.69) is 17.8 Å². The van der Waals surface area contributed by atoms with Crippen molar-refractivity contribution >= 4 is 18.9 Å². The van der Waals surface area contributed by atoms with Crippen molar-refractivity contribution in [1.29, 1.82) is 0 Å². The fourth-order valence-corrected chi connectivity index (χ4v) is 1.17. The Morgan fingerprint density at radius 3 is 2.67 bits per heavy atom. The van der Waals surface area contributed by atoms with Gasteiger partial charge in [-0.1, -0.05) is 12.1 Å². The number of aromatic nitrogens is 2. The molecule has 1 aromatic carbocycles. The second-order valence-electron chi connectivity index (χ2n) is 2.70. The molecule has 0 saturated heterocycles. The Balaban J connectivity index is 2.67. The zero-order valence-corrected chi connectivity index (χ0v) is 6.99. The quantitative estimate of drug-likeness (QED) is 0.569. The molecule has 0 unspecified atom stereocenters. The third-order valence-electron chi connectivity index (χ3n) is 1.86. The molecule has 0 bridgehead atoms. The molecule has 2 aromatic rings. The normalized spacial score (nSPS) is 10.3. The highest BCUT2D eigenvalue weighted by Gasteiger charge is 1.95. The van der Waals surface area contributed by atoms with Gasteiger partial charge in [-0.15, -0.1) is 0 Å². The summed E-state index contributed by atoms with van der Waals surface area (Å²) in [5.41, 5.74) is 3.00. The van der Waals surface area contributed by atoms with Crippen LogP contribution in [0.2, 0.25) is 0 Å². The lowest BCUT2D eigenvalue weighted by Gasteiger charge is -1.97. The molecule has 0 aliphatic rings. The average Bonchev–Trinajstić information content (AvgIpc) is 2.17. The Kier molecular flexibility index (Phi) is 1.78. The van der Waals surface area contributed by atoms with Gasteiger partial charge in [0.1, 0.15) is 7.85 Å². The molecule has 0 atom stereocenters. The molecule has 2 nitrogen and oxygen atoms in total. The zero-order chi connectivity index (χ0) is 8.39. The molecule has 0 radical (unpaired) electrons. The topological polar surface area (TPSA) is 25.8 Å². The van der Waals surface area contributed by atoms with Gasteiger partial charge in [0.05, 0.1) is 16.7 Å². The van der Waals surface area contributed by atoms with Gasteiger partial charge < -0.3 is 0 Å². The molecular formula is C9H9BN2. The molecule has 0 aliphatic heterocycles. The van der Waals surface area contributed by atoms with E-state index >= 15 is 0 Å². The first-order valence-electron chi connectivity index (χ1n) is 4.11. The number of para-hydroxylation sites is 2. The van der Waals surface area contributed by atoms with E-state index in [4.69, 9.17) is 0 Å². The lowest BCUT2D eigenvalue weighted by molar-refractivity contribution is 1.16. The molecule has 0 saturated carbocycles. The maximum absolute atomic E-state index is 4.43. The van der Waals surface area contributed by atoms with Crippen LogP contribution in [0.25, 0.3) is 11.0 Å². The number of rotatable bonds is 1. The van der Waals surface area contributed by atoms with Crippen LogP contribution >= 0.6 is 0 Å². The third kappa shape index (κ3) is 1.18. The third-order valence-corrected chi connectivity index (χ3v) is 1.86. The first kappa shape index (κ1) is 7.28. The summed E-state index contributed by atoms with van der Waals surface area (Å²) in [5.74, 6) is 0. The maximum Gasteiger partial charge on any atom is 0.109 e. The van der Waals surface area contributed by atoms with E-state index in [1.165, 1.54) is 0 Å². The van der Waals surface area contributed by atoms with Gasteiger partial charge in [-0.2, -0.15) is 0 Å². The SMILES string of the molecule is BCc1cnc2ccccc2n1. The largest absolute Gasteiger partial charge is 0.253 e. The van der Waals surface area contributed by atoms with Crippen LogP contribution in [-0.4, -0.2) is 17.8 Å². The van der Waals surface area contributed by atoms with E-state index in [1.807, 2.05) is 30.5 Å². The molecule has 2 rings (SSSR count). The predicted molar refractivity (Wildman–Crippen MR) is 51.8 cm³/mol. The van der Waals surface area contributed by atoms with Crippen molar-refractivity contribution in [2.75, 3.05) is 0 Å². The van der Waals surface area contributed by atoms with Crippen molar-refractivity contribution in [1.82, 2.24) is 9.97 Å². The average molecular weight is 156 g/mol. The van der Waals surface area contributed by atoms with Crippen LogP contribution in [-0.2, 0) is 6.32 Å². The Morgan fingerprint density at radius 2 is 1.92 bits per heavy atom. The molecular weight excluding hydrogens is 147 g/mol. The van der Waals surface area contributed by atoms with Gasteiger partial charge in [0, 0.05) is 6.20 Å². The summed E-state index contributed by atoms with van der Waals surface area (Å²) in [4.78, 5) is 8.72. The van der Waals surface area contributed by atoms with Crippen LogP contribution in [0.1, 0.15) is 5.69 Å². The number of hydrogen-bond donors (Lipinski definition) is 0. The van der Waals surface area contributed by atoms with E-state index in [0.29, 0.717) is 0 Å². The minimum absolute atomic E-state index is 0.942. The van der Waals surface area contributed by atoms with Gasteiger partial charge in [-0.25, -0.2) is 0 Å². The Morgan fingerprint density at radius 1 is 1.17 bits per heavy atom. The van der Waals surface area contributed by atoms with Crippen LogP contribution in [0.15, 0.2) is 30.5 Å². The lowest BCUT2D eigenvalue weighted by Crippen LogP contribution is -1.91. The Labute approximate surface area is 72.1 Å². The molecule has 58 valence electrons. The standard InChI is InChI=1S/C9H9BN2/c10-5-7-6-11-8-3-1-2-4-9(8)12-7/h1-4,6H,5,10H2. The summed E-state index contributed by atoms with van der Waals surface area (Å²) >= 11 is 0. The molecule has 1 heterocycles. The van der Waals surface area contributed by atoms with Crippen molar-refractivity contribution < 1.29 is 0 Å². The lowest BCUT2D eigenvalue weighted by atomic mass is 10.0. The second-order valence-corrected chi connectivity index (χ2v) is 2.70. The van der Waals surface area contributed by atoms with Gasteiger partial charge in [0.2, 0.25) is 0 Å². The van der Waals surface area contributed by atoms with Crippen molar-refractivity contribution in [3.05, 3.63) is 36.2 Å². The number of hydrogen-bond acceptors (Lipinski definition) is 2. The summed E-state index contributed by atoms with van der Waals surface area (Å²) < 4.78 is 0. The molecule has 0 N–H and O–H groups in total. The minimum Gasteiger partial charge on any atom is -0.253 e. The summed E-state index contributed by atoms with van der Waals surface area (Å²) in [7, 11) is 2.08. The second kappa shape index (κ2) is 2.93. The fourth-order valence-electron chi connectivity index (χ4n) is 1.17. The van der Waals surface area contributed by atoms with Crippen LogP contribution in [0.4, 0.5) is 0 Å². The van der Waals surface area contributed by atoms with Crippen molar-refractivity contribution in [2.45, 2.75) is 6.32 Å². The van der Waals surface area contributed by atoms with Crippen LogP contribution in [0.5, 0.6) is 0 Å². The highest BCUT2D eigenvalue weighted by Crippen LogP contribution is 2.07.